The first-order valence-corrected chi connectivity index (χ1v) is 4.50. The fourth-order valence-electron chi connectivity index (χ4n) is 0.995. The average molecular weight is 148 g/mol. The van der Waals surface area contributed by atoms with Gasteiger partial charge in [-0.15, -0.1) is 6.58 Å². The third kappa shape index (κ3) is 1.58. The molecule has 0 radical (unpaired) electrons. The molecule has 1 rings (SSSR count). The van der Waals surface area contributed by atoms with Crippen molar-refractivity contribution in [2.75, 3.05) is 0 Å². The van der Waals surface area contributed by atoms with Crippen LogP contribution >= 0.6 is 0 Å². The predicted octanol–water partition coefficient (Wildman–Crippen LogP) is 0.406. The van der Waals surface area contributed by atoms with Gasteiger partial charge < -0.3 is 0 Å². The van der Waals surface area contributed by atoms with Gasteiger partial charge in [0.25, 0.3) is 0 Å². The average Bonchev–Trinajstić information content (AvgIpc) is 1.94. The summed E-state index contributed by atoms with van der Waals surface area (Å²) >= 11 is 0. The van der Waals surface area contributed by atoms with Gasteiger partial charge in [0, 0.05) is 10.2 Å². The molecule has 0 aliphatic rings. The normalized spacial score (nSPS) is 9.60. The van der Waals surface area contributed by atoms with Crippen molar-refractivity contribution in [2.24, 2.45) is 0 Å². The fraction of sp³-hybridized carbons (Fsp3) is 0.111. The molecule has 0 fully saturated rings. The number of hydrogen-bond acceptors (Lipinski definition) is 0. The van der Waals surface area contributed by atoms with E-state index in [-0.39, 0.29) is 0 Å². The summed E-state index contributed by atoms with van der Waals surface area (Å²) in [4.78, 5) is 0. The molecule has 0 atom stereocenters. The molecular weight excluding hydrogens is 136 g/mol. The zero-order chi connectivity index (χ0) is 7.40. The molecule has 0 unspecified atom stereocenters. The molecule has 0 aliphatic heterocycles. The van der Waals surface area contributed by atoms with E-state index in [0.717, 1.165) is 16.7 Å². The molecule has 0 aromatic heterocycles. The molecule has 0 aliphatic carbocycles. The predicted molar refractivity (Wildman–Crippen MR) is 49.9 cm³/mol. The van der Waals surface area contributed by atoms with E-state index in [2.05, 4.69) is 30.8 Å². The molecular formula is C9H12Si. The topological polar surface area (TPSA) is 0 Å². The number of benzene rings is 1. The zero-order valence-corrected chi connectivity index (χ0v) is 8.30. The first kappa shape index (κ1) is 7.29. The fourth-order valence-corrected chi connectivity index (χ4v) is 1.56. The van der Waals surface area contributed by atoms with Crippen LogP contribution in [0.15, 0.2) is 36.9 Å². The van der Waals surface area contributed by atoms with E-state index in [0.29, 0.717) is 0 Å². The molecule has 0 amide bonds. The Morgan fingerprint density at radius 2 is 2.10 bits per heavy atom. The summed E-state index contributed by atoms with van der Waals surface area (Å²) in [6.45, 7) is 3.71. The molecule has 0 spiro atoms. The van der Waals surface area contributed by atoms with Crippen molar-refractivity contribution in [3.63, 3.8) is 0 Å². The van der Waals surface area contributed by atoms with Gasteiger partial charge in [0.05, 0.1) is 0 Å². The van der Waals surface area contributed by atoms with Crippen molar-refractivity contribution >= 4 is 15.4 Å². The Bertz CT molecular complexity index is 228. The highest BCUT2D eigenvalue weighted by Gasteiger charge is 1.90. The molecule has 0 nitrogen and oxygen atoms in total. The Hall–Kier alpha value is -0.823. The Kier molecular flexibility index (Phi) is 2.46. The summed E-state index contributed by atoms with van der Waals surface area (Å²) in [5.74, 6) is 0. The van der Waals surface area contributed by atoms with Crippen molar-refractivity contribution in [1.82, 2.24) is 0 Å². The lowest BCUT2D eigenvalue weighted by atomic mass is 10.1. The number of hydrogen-bond donors (Lipinski definition) is 0. The van der Waals surface area contributed by atoms with Gasteiger partial charge in [0.15, 0.2) is 0 Å². The summed E-state index contributed by atoms with van der Waals surface area (Å²) in [6, 6.07) is 8.53. The summed E-state index contributed by atoms with van der Waals surface area (Å²) in [6.07, 6.45) is 2.97. The van der Waals surface area contributed by atoms with Crippen LogP contribution in [0.2, 0.25) is 0 Å². The van der Waals surface area contributed by atoms with Gasteiger partial charge >= 0.3 is 0 Å². The number of rotatable bonds is 2. The van der Waals surface area contributed by atoms with E-state index in [9.17, 15) is 0 Å². The smallest absolute Gasteiger partial charge is 0.0388 e. The lowest BCUT2D eigenvalue weighted by molar-refractivity contribution is 1.30. The second-order valence-corrected chi connectivity index (χ2v) is 3.50. The van der Waals surface area contributed by atoms with Crippen LogP contribution in [0.5, 0.6) is 0 Å². The maximum absolute atomic E-state index is 3.71. The Morgan fingerprint density at radius 3 is 2.70 bits per heavy atom. The minimum absolute atomic E-state index is 1.01. The van der Waals surface area contributed by atoms with Gasteiger partial charge in [-0.25, -0.2) is 0 Å². The van der Waals surface area contributed by atoms with Gasteiger partial charge in [-0.05, 0) is 12.0 Å². The molecule has 0 bridgehead atoms. The van der Waals surface area contributed by atoms with Crippen LogP contribution in [0.3, 0.4) is 0 Å². The molecule has 10 heavy (non-hydrogen) atoms. The largest absolute Gasteiger partial charge is 0.103 e. The van der Waals surface area contributed by atoms with Crippen LogP contribution in [0.1, 0.15) is 5.56 Å². The first-order chi connectivity index (χ1) is 4.84. The van der Waals surface area contributed by atoms with E-state index in [4.69, 9.17) is 0 Å². The lowest BCUT2D eigenvalue weighted by Crippen LogP contribution is -2.07. The van der Waals surface area contributed by atoms with Crippen molar-refractivity contribution in [2.45, 2.75) is 6.42 Å². The van der Waals surface area contributed by atoms with E-state index >= 15 is 0 Å². The van der Waals surface area contributed by atoms with Crippen LogP contribution < -0.4 is 5.19 Å². The molecule has 52 valence electrons. The first-order valence-electron chi connectivity index (χ1n) is 3.50. The third-order valence-electron chi connectivity index (χ3n) is 1.63. The summed E-state index contributed by atoms with van der Waals surface area (Å²) < 4.78 is 0. The minimum atomic E-state index is 1.01. The highest BCUT2D eigenvalue weighted by atomic mass is 28.1. The van der Waals surface area contributed by atoms with Crippen molar-refractivity contribution < 1.29 is 0 Å². The SMILES string of the molecule is C=CCc1ccccc1[SiH3]. The second kappa shape index (κ2) is 3.37. The standard InChI is InChI=1S/C9H12Si/c1-2-5-8-6-3-4-7-9(8)10/h2-4,6-7H,1,5H2,10H3. The second-order valence-electron chi connectivity index (χ2n) is 2.42. The molecule has 0 N–H and O–H groups in total. The van der Waals surface area contributed by atoms with Crippen LogP contribution in [0, 0.1) is 0 Å². The number of allylic oxidation sites excluding steroid dienone is 1. The van der Waals surface area contributed by atoms with E-state index < -0.39 is 0 Å². The van der Waals surface area contributed by atoms with Gasteiger partial charge in [0.2, 0.25) is 0 Å². The van der Waals surface area contributed by atoms with Gasteiger partial charge in [-0.3, -0.25) is 0 Å². The highest BCUT2D eigenvalue weighted by molar-refractivity contribution is 6.33. The summed E-state index contributed by atoms with van der Waals surface area (Å²) in [7, 11) is 1.14. The Balaban J connectivity index is 2.91. The zero-order valence-electron chi connectivity index (χ0n) is 6.30. The van der Waals surface area contributed by atoms with Gasteiger partial charge in [-0.2, -0.15) is 0 Å². The third-order valence-corrected chi connectivity index (χ3v) is 2.60. The molecule has 1 aromatic carbocycles. The van der Waals surface area contributed by atoms with Crippen LogP contribution in [0.25, 0.3) is 0 Å². The molecule has 0 saturated heterocycles. The quantitative estimate of drug-likeness (QED) is 0.421. The van der Waals surface area contributed by atoms with Crippen LogP contribution in [-0.2, 0) is 6.42 Å². The van der Waals surface area contributed by atoms with E-state index in [1.54, 1.807) is 0 Å². The maximum atomic E-state index is 3.71. The van der Waals surface area contributed by atoms with E-state index in [1.165, 1.54) is 10.8 Å². The monoisotopic (exact) mass is 148 g/mol. The molecule has 1 aromatic rings. The minimum Gasteiger partial charge on any atom is -0.103 e. The van der Waals surface area contributed by atoms with E-state index in [1.807, 2.05) is 6.08 Å². The van der Waals surface area contributed by atoms with Crippen LogP contribution in [-0.4, -0.2) is 10.2 Å². The van der Waals surface area contributed by atoms with Crippen molar-refractivity contribution in [1.29, 1.82) is 0 Å². The van der Waals surface area contributed by atoms with Crippen molar-refractivity contribution in [3.05, 3.63) is 42.5 Å². The molecule has 0 saturated carbocycles. The maximum Gasteiger partial charge on any atom is 0.0388 e. The molecule has 0 heterocycles. The summed E-state index contributed by atoms with van der Waals surface area (Å²) in [5, 5.41) is 1.49. The van der Waals surface area contributed by atoms with Gasteiger partial charge in [-0.1, -0.05) is 35.5 Å². The Morgan fingerprint density at radius 1 is 1.40 bits per heavy atom. The lowest BCUT2D eigenvalue weighted by Gasteiger charge is -1.99. The highest BCUT2D eigenvalue weighted by Crippen LogP contribution is 1.95. The van der Waals surface area contributed by atoms with Crippen LogP contribution in [0.4, 0.5) is 0 Å². The van der Waals surface area contributed by atoms with Crippen molar-refractivity contribution in [3.8, 4) is 0 Å². The molecule has 1 heteroatoms. The summed E-state index contributed by atoms with van der Waals surface area (Å²) in [5.41, 5.74) is 1.43. The van der Waals surface area contributed by atoms with Gasteiger partial charge in [0.1, 0.15) is 0 Å². The Labute approximate surface area is 65.0 Å².